The Morgan fingerprint density at radius 1 is 1.08 bits per heavy atom. The van der Waals surface area contributed by atoms with Crippen LogP contribution in [0.25, 0.3) is 0 Å². The first-order valence-corrected chi connectivity index (χ1v) is 8.99. The van der Waals surface area contributed by atoms with E-state index < -0.39 is 0 Å². The molecule has 0 aliphatic heterocycles. The third kappa shape index (κ3) is 11.6. The van der Waals surface area contributed by atoms with Crippen molar-refractivity contribution in [1.82, 2.24) is 5.32 Å². The molecule has 1 amide bonds. The summed E-state index contributed by atoms with van der Waals surface area (Å²) in [5.41, 5.74) is 1.16. The van der Waals surface area contributed by atoms with Crippen LogP contribution in [0, 0.1) is 5.41 Å². The summed E-state index contributed by atoms with van der Waals surface area (Å²) in [4.78, 5) is 13.9. The molecule has 0 spiro atoms. The van der Waals surface area contributed by atoms with Crippen LogP contribution in [0.5, 0.6) is 0 Å². The summed E-state index contributed by atoms with van der Waals surface area (Å²) in [6.45, 7) is 4.10. The van der Waals surface area contributed by atoms with E-state index in [0.717, 1.165) is 18.7 Å². The third-order valence-electron chi connectivity index (χ3n) is 3.61. The van der Waals surface area contributed by atoms with Crippen molar-refractivity contribution in [2.75, 3.05) is 64.7 Å². The van der Waals surface area contributed by atoms with Gasteiger partial charge in [-0.25, -0.2) is 0 Å². The molecule has 146 valence electrons. The fraction of sp³-hybridized carbons (Fsp3) is 0.579. The van der Waals surface area contributed by atoms with E-state index in [2.05, 4.69) is 22.3 Å². The zero-order valence-corrected chi connectivity index (χ0v) is 15.6. The van der Waals surface area contributed by atoms with Gasteiger partial charge in [0.2, 0.25) is 5.91 Å². The van der Waals surface area contributed by atoms with E-state index >= 15 is 0 Å². The predicted octanol–water partition coefficient (Wildman–Crippen LogP) is 1.72. The minimum atomic E-state index is 0.0506. The van der Waals surface area contributed by atoms with E-state index in [4.69, 9.17) is 19.6 Å². The van der Waals surface area contributed by atoms with Gasteiger partial charge in [0.15, 0.2) is 0 Å². The molecule has 1 aromatic carbocycles. The fourth-order valence-corrected chi connectivity index (χ4v) is 2.22. The Hall–Kier alpha value is -1.96. The Morgan fingerprint density at radius 2 is 1.73 bits per heavy atom. The lowest BCUT2D eigenvalue weighted by molar-refractivity contribution is -0.121. The molecule has 0 fully saturated rings. The van der Waals surface area contributed by atoms with E-state index in [0.29, 0.717) is 52.6 Å². The number of rotatable bonds is 16. The summed E-state index contributed by atoms with van der Waals surface area (Å²) >= 11 is 0. The summed E-state index contributed by atoms with van der Waals surface area (Å²) in [6.07, 6.45) is 2.53. The first kappa shape index (κ1) is 22.1. The quantitative estimate of drug-likeness (QED) is 0.344. The van der Waals surface area contributed by atoms with Crippen molar-refractivity contribution >= 4 is 17.8 Å². The van der Waals surface area contributed by atoms with Crippen LogP contribution < -0.4 is 10.2 Å². The van der Waals surface area contributed by atoms with Crippen LogP contribution in [-0.4, -0.2) is 71.9 Å². The SMILES string of the molecule is CN(CCCC(=O)NCCOCCOCCOCC=N)c1ccccc1. The number of hydrogen-bond donors (Lipinski definition) is 2. The zero-order chi connectivity index (χ0) is 18.9. The summed E-state index contributed by atoms with van der Waals surface area (Å²) in [6, 6.07) is 10.1. The van der Waals surface area contributed by atoms with Crippen molar-refractivity contribution < 1.29 is 19.0 Å². The Kier molecular flexibility index (Phi) is 13.0. The first-order chi connectivity index (χ1) is 12.7. The van der Waals surface area contributed by atoms with Crippen molar-refractivity contribution in [1.29, 1.82) is 5.41 Å². The molecule has 26 heavy (non-hydrogen) atoms. The van der Waals surface area contributed by atoms with Gasteiger partial charge in [0, 0.05) is 38.5 Å². The second-order valence-corrected chi connectivity index (χ2v) is 5.71. The molecule has 0 aromatic heterocycles. The first-order valence-electron chi connectivity index (χ1n) is 8.99. The van der Waals surface area contributed by atoms with Crippen LogP contribution >= 0.6 is 0 Å². The number of carbonyl (C=O) groups excluding carboxylic acids is 1. The van der Waals surface area contributed by atoms with Gasteiger partial charge in [-0.2, -0.15) is 0 Å². The highest BCUT2D eigenvalue weighted by Crippen LogP contribution is 2.11. The molecule has 7 heteroatoms. The van der Waals surface area contributed by atoms with Crippen molar-refractivity contribution in [2.24, 2.45) is 0 Å². The third-order valence-corrected chi connectivity index (χ3v) is 3.61. The van der Waals surface area contributed by atoms with Gasteiger partial charge in [-0.05, 0) is 18.6 Å². The highest BCUT2D eigenvalue weighted by atomic mass is 16.5. The number of para-hydroxylation sites is 1. The van der Waals surface area contributed by atoms with E-state index in [1.807, 2.05) is 25.2 Å². The van der Waals surface area contributed by atoms with Gasteiger partial charge in [0.25, 0.3) is 0 Å². The molecule has 0 aliphatic rings. The average molecular weight is 365 g/mol. The Bertz CT molecular complexity index is 485. The molecule has 0 unspecified atom stereocenters. The molecule has 1 rings (SSSR count). The average Bonchev–Trinajstić information content (AvgIpc) is 2.66. The van der Waals surface area contributed by atoms with Crippen molar-refractivity contribution in [3.63, 3.8) is 0 Å². The van der Waals surface area contributed by atoms with Crippen LogP contribution in [0.3, 0.4) is 0 Å². The van der Waals surface area contributed by atoms with Gasteiger partial charge in [0.1, 0.15) is 0 Å². The summed E-state index contributed by atoms with van der Waals surface area (Å²) in [7, 11) is 2.03. The topological polar surface area (TPSA) is 83.9 Å². The van der Waals surface area contributed by atoms with E-state index in [1.165, 1.54) is 6.21 Å². The molecular weight excluding hydrogens is 334 g/mol. The molecule has 0 heterocycles. The summed E-state index contributed by atoms with van der Waals surface area (Å²) < 4.78 is 15.8. The van der Waals surface area contributed by atoms with Crippen molar-refractivity contribution in [3.05, 3.63) is 30.3 Å². The normalized spacial score (nSPS) is 10.5. The minimum absolute atomic E-state index is 0.0506. The number of carbonyl (C=O) groups is 1. The molecule has 0 saturated carbocycles. The van der Waals surface area contributed by atoms with Crippen LogP contribution in [-0.2, 0) is 19.0 Å². The van der Waals surface area contributed by atoms with Crippen LogP contribution in [0.4, 0.5) is 5.69 Å². The molecular formula is C19H31N3O4. The largest absolute Gasteiger partial charge is 0.377 e. The Morgan fingerprint density at radius 3 is 2.42 bits per heavy atom. The molecule has 0 radical (unpaired) electrons. The Balaban J connectivity index is 1.89. The van der Waals surface area contributed by atoms with Crippen LogP contribution in [0.15, 0.2) is 30.3 Å². The number of benzene rings is 1. The van der Waals surface area contributed by atoms with Gasteiger partial charge in [-0.15, -0.1) is 0 Å². The van der Waals surface area contributed by atoms with Gasteiger partial charge >= 0.3 is 0 Å². The number of anilines is 1. The standard InChI is InChI=1S/C19H31N3O4/c1-22(18-6-3-2-4-7-18)11-5-8-19(23)21-10-13-25-15-17-26-16-14-24-12-9-20/h2-4,6-7,9,20H,5,8,10-17H2,1H3,(H,21,23). The molecule has 2 N–H and O–H groups in total. The smallest absolute Gasteiger partial charge is 0.220 e. The van der Waals surface area contributed by atoms with Gasteiger partial charge in [-0.3, -0.25) is 4.79 Å². The lowest BCUT2D eigenvalue weighted by Gasteiger charge is -2.18. The molecule has 0 atom stereocenters. The molecule has 0 bridgehead atoms. The maximum atomic E-state index is 11.8. The molecule has 0 saturated heterocycles. The number of hydrogen-bond acceptors (Lipinski definition) is 6. The Labute approximate surface area is 156 Å². The maximum absolute atomic E-state index is 11.8. The number of amides is 1. The molecule has 1 aromatic rings. The lowest BCUT2D eigenvalue weighted by Crippen LogP contribution is -2.28. The number of ether oxygens (including phenoxy) is 3. The highest BCUT2D eigenvalue weighted by Gasteiger charge is 2.03. The second kappa shape index (κ2) is 15.3. The van der Waals surface area contributed by atoms with Crippen molar-refractivity contribution in [3.8, 4) is 0 Å². The number of nitrogens with one attached hydrogen (secondary N) is 2. The second-order valence-electron chi connectivity index (χ2n) is 5.71. The van der Waals surface area contributed by atoms with Gasteiger partial charge < -0.3 is 29.8 Å². The van der Waals surface area contributed by atoms with Gasteiger partial charge in [0.05, 0.1) is 39.6 Å². The van der Waals surface area contributed by atoms with Crippen molar-refractivity contribution in [2.45, 2.75) is 12.8 Å². The zero-order valence-electron chi connectivity index (χ0n) is 15.6. The lowest BCUT2D eigenvalue weighted by atomic mass is 10.2. The molecule has 0 aliphatic carbocycles. The summed E-state index contributed by atoms with van der Waals surface area (Å²) in [5, 5.41) is 9.65. The highest BCUT2D eigenvalue weighted by molar-refractivity contribution is 5.75. The predicted molar refractivity (Wildman–Crippen MR) is 103 cm³/mol. The van der Waals surface area contributed by atoms with E-state index in [-0.39, 0.29) is 5.91 Å². The summed E-state index contributed by atoms with van der Waals surface area (Å²) in [5.74, 6) is 0.0506. The monoisotopic (exact) mass is 365 g/mol. The van der Waals surface area contributed by atoms with E-state index in [1.54, 1.807) is 0 Å². The molecule has 7 nitrogen and oxygen atoms in total. The number of nitrogens with zero attached hydrogens (tertiary/aromatic N) is 1. The van der Waals surface area contributed by atoms with Crippen LogP contribution in [0.1, 0.15) is 12.8 Å². The van der Waals surface area contributed by atoms with Gasteiger partial charge in [-0.1, -0.05) is 18.2 Å². The fourth-order valence-electron chi connectivity index (χ4n) is 2.22. The van der Waals surface area contributed by atoms with E-state index in [9.17, 15) is 4.79 Å². The van der Waals surface area contributed by atoms with Crippen LogP contribution in [0.2, 0.25) is 0 Å². The minimum Gasteiger partial charge on any atom is -0.377 e. The maximum Gasteiger partial charge on any atom is 0.220 e.